The largest absolute Gasteiger partial charge is 0.497 e. The van der Waals surface area contributed by atoms with E-state index in [9.17, 15) is 4.79 Å². The molecule has 0 bridgehead atoms. The highest BCUT2D eigenvalue weighted by atomic mass is 16.5. The number of hydrazone groups is 1. The highest BCUT2D eigenvalue weighted by Crippen LogP contribution is 2.21. The van der Waals surface area contributed by atoms with E-state index in [1.807, 2.05) is 55.5 Å². The summed E-state index contributed by atoms with van der Waals surface area (Å²) in [5.41, 5.74) is 6.47. The van der Waals surface area contributed by atoms with Gasteiger partial charge in [-0.3, -0.25) is 9.89 Å². The number of carbonyl (C=O) groups excluding carboxylic acids is 1. The van der Waals surface area contributed by atoms with Crippen LogP contribution in [0.4, 0.5) is 0 Å². The summed E-state index contributed by atoms with van der Waals surface area (Å²) in [6.07, 6.45) is 1.60. The number of methoxy groups -OCH3 is 1. The number of hydrogen-bond acceptors (Lipinski definition) is 4. The van der Waals surface area contributed by atoms with Crippen LogP contribution in [0.25, 0.3) is 11.3 Å². The molecule has 0 saturated carbocycles. The fourth-order valence-corrected chi connectivity index (χ4v) is 2.23. The second-order valence-corrected chi connectivity index (χ2v) is 5.51. The van der Waals surface area contributed by atoms with Crippen LogP contribution in [0.15, 0.2) is 59.7 Å². The monoisotopic (exact) mass is 334 g/mol. The summed E-state index contributed by atoms with van der Waals surface area (Å²) in [5.74, 6) is 0.415. The maximum Gasteiger partial charge on any atom is 0.289 e. The summed E-state index contributed by atoms with van der Waals surface area (Å²) in [7, 11) is 1.61. The zero-order valence-corrected chi connectivity index (χ0v) is 14.0. The normalized spacial score (nSPS) is 10.8. The minimum absolute atomic E-state index is 0.340. The van der Waals surface area contributed by atoms with Gasteiger partial charge in [0.1, 0.15) is 11.4 Å². The van der Waals surface area contributed by atoms with Crippen molar-refractivity contribution >= 4 is 12.1 Å². The second-order valence-electron chi connectivity index (χ2n) is 5.51. The van der Waals surface area contributed by atoms with Crippen molar-refractivity contribution in [2.45, 2.75) is 6.92 Å². The summed E-state index contributed by atoms with van der Waals surface area (Å²) in [6, 6.07) is 17.0. The summed E-state index contributed by atoms with van der Waals surface area (Å²) in [6.45, 7) is 2.02. The number of ether oxygens (including phenoxy) is 1. The molecule has 0 aliphatic rings. The van der Waals surface area contributed by atoms with Crippen LogP contribution in [0.2, 0.25) is 0 Å². The lowest BCUT2D eigenvalue weighted by Gasteiger charge is -2.00. The van der Waals surface area contributed by atoms with Gasteiger partial charge in [0.25, 0.3) is 5.91 Å². The van der Waals surface area contributed by atoms with E-state index in [0.29, 0.717) is 11.4 Å². The van der Waals surface area contributed by atoms with Crippen molar-refractivity contribution in [3.63, 3.8) is 0 Å². The fraction of sp³-hybridized carbons (Fsp3) is 0.105. The third-order valence-corrected chi connectivity index (χ3v) is 3.67. The maximum atomic E-state index is 12.1. The molecule has 1 heterocycles. The predicted octanol–water partition coefficient (Wildman–Crippen LogP) is 3.16. The van der Waals surface area contributed by atoms with Crippen molar-refractivity contribution in [1.29, 1.82) is 0 Å². The lowest BCUT2D eigenvalue weighted by molar-refractivity contribution is 0.0950. The lowest BCUT2D eigenvalue weighted by Crippen LogP contribution is -2.17. The minimum atomic E-state index is -0.351. The topological polar surface area (TPSA) is 79.4 Å². The Hall–Kier alpha value is -3.41. The number of H-pyrrole nitrogens is 1. The Kier molecular flexibility index (Phi) is 4.89. The maximum absolute atomic E-state index is 12.1. The highest BCUT2D eigenvalue weighted by molar-refractivity contribution is 5.94. The van der Waals surface area contributed by atoms with Crippen molar-refractivity contribution in [2.75, 3.05) is 7.11 Å². The number of nitrogens with one attached hydrogen (secondary N) is 2. The highest BCUT2D eigenvalue weighted by Gasteiger charge is 2.10. The van der Waals surface area contributed by atoms with Gasteiger partial charge in [0.2, 0.25) is 0 Å². The predicted molar refractivity (Wildman–Crippen MR) is 96.8 cm³/mol. The van der Waals surface area contributed by atoms with Gasteiger partial charge in [-0.05, 0) is 42.8 Å². The number of aryl methyl sites for hydroxylation is 1. The van der Waals surface area contributed by atoms with Crippen LogP contribution in [0.5, 0.6) is 5.75 Å². The van der Waals surface area contributed by atoms with E-state index in [4.69, 9.17) is 4.74 Å². The van der Waals surface area contributed by atoms with Crippen molar-refractivity contribution < 1.29 is 9.53 Å². The van der Waals surface area contributed by atoms with E-state index in [0.717, 1.165) is 16.9 Å². The smallest absolute Gasteiger partial charge is 0.289 e. The first kappa shape index (κ1) is 16.4. The Morgan fingerprint density at radius 3 is 2.56 bits per heavy atom. The Morgan fingerprint density at radius 1 is 1.16 bits per heavy atom. The van der Waals surface area contributed by atoms with Gasteiger partial charge in [-0.1, -0.05) is 29.8 Å². The van der Waals surface area contributed by atoms with Crippen LogP contribution in [0, 0.1) is 6.92 Å². The quantitative estimate of drug-likeness (QED) is 0.556. The second kappa shape index (κ2) is 7.44. The standard InChI is InChI=1S/C19H18N4O2/c1-13-3-5-14(6-4-13)12-20-23-19(24)18-11-17(21-22-18)15-7-9-16(25-2)10-8-15/h3-12H,1-2H3,(H,21,22)(H,23,24). The zero-order chi connectivity index (χ0) is 17.6. The van der Waals surface area contributed by atoms with Gasteiger partial charge in [-0.25, -0.2) is 5.43 Å². The molecular weight excluding hydrogens is 316 g/mol. The molecule has 0 atom stereocenters. The average Bonchev–Trinajstić information content (AvgIpc) is 3.13. The number of aromatic nitrogens is 2. The molecule has 0 radical (unpaired) electrons. The summed E-state index contributed by atoms with van der Waals surface area (Å²) in [5, 5.41) is 10.8. The first-order valence-corrected chi connectivity index (χ1v) is 7.75. The Bertz CT molecular complexity index is 881. The van der Waals surface area contributed by atoms with E-state index in [1.54, 1.807) is 19.4 Å². The molecule has 6 nitrogen and oxygen atoms in total. The molecule has 3 aromatic rings. The number of rotatable bonds is 5. The van der Waals surface area contributed by atoms with E-state index >= 15 is 0 Å². The third-order valence-electron chi connectivity index (χ3n) is 3.67. The van der Waals surface area contributed by atoms with Crippen molar-refractivity contribution in [3.8, 4) is 17.0 Å². The number of aromatic amines is 1. The van der Waals surface area contributed by atoms with Crippen LogP contribution in [-0.2, 0) is 0 Å². The molecule has 0 unspecified atom stereocenters. The van der Waals surface area contributed by atoms with Gasteiger partial charge in [-0.2, -0.15) is 10.2 Å². The van der Waals surface area contributed by atoms with E-state index in [1.165, 1.54) is 5.56 Å². The molecular formula is C19H18N4O2. The van der Waals surface area contributed by atoms with Gasteiger partial charge in [-0.15, -0.1) is 0 Å². The molecule has 6 heteroatoms. The Morgan fingerprint density at radius 2 is 1.88 bits per heavy atom. The van der Waals surface area contributed by atoms with Crippen LogP contribution < -0.4 is 10.2 Å². The fourth-order valence-electron chi connectivity index (χ4n) is 2.23. The summed E-state index contributed by atoms with van der Waals surface area (Å²) < 4.78 is 5.13. The van der Waals surface area contributed by atoms with E-state index in [2.05, 4.69) is 20.7 Å². The molecule has 0 saturated heterocycles. The SMILES string of the molecule is COc1ccc(-c2cc(C(=O)NN=Cc3ccc(C)cc3)[nH]n2)cc1. The molecule has 1 amide bonds. The molecule has 1 aromatic heterocycles. The van der Waals surface area contributed by atoms with Gasteiger partial charge in [0.05, 0.1) is 19.0 Å². The first-order valence-electron chi connectivity index (χ1n) is 7.75. The Labute approximate surface area is 145 Å². The average molecular weight is 334 g/mol. The first-order chi connectivity index (χ1) is 12.2. The minimum Gasteiger partial charge on any atom is -0.497 e. The molecule has 2 aromatic carbocycles. The number of amides is 1. The van der Waals surface area contributed by atoms with Crippen molar-refractivity contribution in [1.82, 2.24) is 15.6 Å². The van der Waals surface area contributed by atoms with Gasteiger partial charge < -0.3 is 4.74 Å². The van der Waals surface area contributed by atoms with E-state index in [-0.39, 0.29) is 5.91 Å². The van der Waals surface area contributed by atoms with Crippen LogP contribution >= 0.6 is 0 Å². The number of benzene rings is 2. The zero-order valence-electron chi connectivity index (χ0n) is 14.0. The van der Waals surface area contributed by atoms with Crippen molar-refractivity contribution in [2.24, 2.45) is 5.10 Å². The number of carbonyl (C=O) groups is 1. The lowest BCUT2D eigenvalue weighted by atomic mass is 10.1. The number of nitrogens with zero attached hydrogens (tertiary/aromatic N) is 2. The number of hydrogen-bond donors (Lipinski definition) is 2. The van der Waals surface area contributed by atoms with Crippen LogP contribution in [0.3, 0.4) is 0 Å². The molecule has 0 aliphatic heterocycles. The summed E-state index contributed by atoms with van der Waals surface area (Å²) in [4.78, 5) is 12.1. The molecule has 0 spiro atoms. The molecule has 3 rings (SSSR count). The van der Waals surface area contributed by atoms with Crippen LogP contribution in [0.1, 0.15) is 21.6 Å². The molecule has 0 aliphatic carbocycles. The molecule has 0 fully saturated rings. The van der Waals surface area contributed by atoms with Gasteiger partial charge in [0.15, 0.2) is 0 Å². The molecule has 25 heavy (non-hydrogen) atoms. The molecule has 126 valence electrons. The Balaban J connectivity index is 1.64. The van der Waals surface area contributed by atoms with Crippen molar-refractivity contribution in [3.05, 3.63) is 71.4 Å². The van der Waals surface area contributed by atoms with Gasteiger partial charge >= 0.3 is 0 Å². The summed E-state index contributed by atoms with van der Waals surface area (Å²) >= 11 is 0. The molecule has 2 N–H and O–H groups in total. The van der Waals surface area contributed by atoms with E-state index < -0.39 is 0 Å². The van der Waals surface area contributed by atoms with Gasteiger partial charge in [0, 0.05) is 5.56 Å². The van der Waals surface area contributed by atoms with Crippen LogP contribution in [-0.4, -0.2) is 29.4 Å². The third kappa shape index (κ3) is 4.11.